The third kappa shape index (κ3) is 4.07. The highest BCUT2D eigenvalue weighted by Crippen LogP contribution is 2.34. The molecule has 6 heteroatoms. The minimum absolute atomic E-state index is 0.0240. The van der Waals surface area contributed by atoms with Gasteiger partial charge in [0, 0.05) is 35.3 Å². The standard InChI is InChI=1S/C22H23N3O2S/c1-27-19-5-3-2-4-15(19)10-13-24-21(26)17-6-7-18-20(14-17)28-22(25-18)16-8-11-23-12-9-16/h2-5,8-9,11-12,17H,6-7,10,13-14H2,1H3,(H,24,26). The second-order valence-corrected chi connectivity index (χ2v) is 8.00. The molecule has 1 atom stereocenters. The number of aromatic nitrogens is 2. The molecule has 5 nitrogen and oxygen atoms in total. The zero-order chi connectivity index (χ0) is 19.3. The van der Waals surface area contributed by atoms with Crippen LogP contribution in [-0.4, -0.2) is 29.5 Å². The molecular weight excluding hydrogens is 370 g/mol. The summed E-state index contributed by atoms with van der Waals surface area (Å²) in [5.74, 6) is 1.03. The van der Waals surface area contributed by atoms with Crippen LogP contribution in [0.4, 0.5) is 0 Å². The normalized spacial score (nSPS) is 15.7. The minimum Gasteiger partial charge on any atom is -0.496 e. The zero-order valence-corrected chi connectivity index (χ0v) is 16.7. The van der Waals surface area contributed by atoms with E-state index in [1.165, 1.54) is 4.88 Å². The van der Waals surface area contributed by atoms with Gasteiger partial charge in [0.2, 0.25) is 5.91 Å². The molecule has 1 amide bonds. The molecule has 4 rings (SSSR count). The van der Waals surface area contributed by atoms with Gasteiger partial charge in [-0.15, -0.1) is 11.3 Å². The van der Waals surface area contributed by atoms with Crippen LogP contribution in [0, 0.1) is 5.92 Å². The Labute approximate surface area is 168 Å². The second-order valence-electron chi connectivity index (χ2n) is 6.92. The van der Waals surface area contributed by atoms with Crippen molar-refractivity contribution in [2.75, 3.05) is 13.7 Å². The van der Waals surface area contributed by atoms with Gasteiger partial charge in [0.25, 0.3) is 0 Å². The summed E-state index contributed by atoms with van der Waals surface area (Å²) in [4.78, 5) is 22.7. The number of methoxy groups -OCH3 is 1. The maximum atomic E-state index is 12.7. The van der Waals surface area contributed by atoms with E-state index in [1.54, 1.807) is 30.8 Å². The van der Waals surface area contributed by atoms with Crippen molar-refractivity contribution in [3.63, 3.8) is 0 Å². The number of carbonyl (C=O) groups excluding carboxylic acids is 1. The van der Waals surface area contributed by atoms with Gasteiger partial charge < -0.3 is 10.1 Å². The topological polar surface area (TPSA) is 64.1 Å². The summed E-state index contributed by atoms with van der Waals surface area (Å²) in [6.07, 6.45) is 6.83. The molecule has 0 aliphatic heterocycles. The highest BCUT2D eigenvalue weighted by molar-refractivity contribution is 7.15. The van der Waals surface area contributed by atoms with E-state index < -0.39 is 0 Å². The van der Waals surface area contributed by atoms with Gasteiger partial charge in [0.1, 0.15) is 10.8 Å². The molecule has 2 aromatic heterocycles. The van der Waals surface area contributed by atoms with E-state index in [1.807, 2.05) is 36.4 Å². The number of amides is 1. The first kappa shape index (κ1) is 18.6. The number of para-hydroxylation sites is 1. The molecule has 28 heavy (non-hydrogen) atoms. The van der Waals surface area contributed by atoms with Crippen molar-refractivity contribution in [3.05, 3.63) is 64.9 Å². The third-order valence-corrected chi connectivity index (χ3v) is 6.29. The number of hydrogen-bond donors (Lipinski definition) is 1. The van der Waals surface area contributed by atoms with Gasteiger partial charge in [-0.1, -0.05) is 18.2 Å². The summed E-state index contributed by atoms with van der Waals surface area (Å²) in [5, 5.41) is 4.12. The molecule has 1 unspecified atom stereocenters. The highest BCUT2D eigenvalue weighted by Gasteiger charge is 2.27. The number of thiazole rings is 1. The van der Waals surface area contributed by atoms with Crippen molar-refractivity contribution in [2.24, 2.45) is 5.92 Å². The number of fused-ring (bicyclic) bond motifs is 1. The molecule has 0 bridgehead atoms. The maximum Gasteiger partial charge on any atom is 0.223 e. The number of pyridine rings is 1. The van der Waals surface area contributed by atoms with Crippen LogP contribution in [0.2, 0.25) is 0 Å². The Morgan fingerprint density at radius 3 is 2.89 bits per heavy atom. The Bertz CT molecular complexity index is 955. The molecule has 0 radical (unpaired) electrons. The number of nitrogens with one attached hydrogen (secondary N) is 1. The van der Waals surface area contributed by atoms with Crippen molar-refractivity contribution in [3.8, 4) is 16.3 Å². The molecule has 3 aromatic rings. The number of rotatable bonds is 6. The quantitative estimate of drug-likeness (QED) is 0.694. The van der Waals surface area contributed by atoms with Crippen LogP contribution in [0.1, 0.15) is 22.6 Å². The van der Waals surface area contributed by atoms with E-state index in [9.17, 15) is 4.79 Å². The lowest BCUT2D eigenvalue weighted by Gasteiger charge is -2.20. The van der Waals surface area contributed by atoms with E-state index in [4.69, 9.17) is 9.72 Å². The summed E-state index contributed by atoms with van der Waals surface area (Å²) < 4.78 is 5.37. The summed E-state index contributed by atoms with van der Waals surface area (Å²) in [6.45, 7) is 0.619. The smallest absolute Gasteiger partial charge is 0.223 e. The molecule has 1 aromatic carbocycles. The van der Waals surface area contributed by atoms with Crippen molar-refractivity contribution >= 4 is 17.2 Å². The van der Waals surface area contributed by atoms with Crippen molar-refractivity contribution in [1.29, 1.82) is 0 Å². The van der Waals surface area contributed by atoms with Gasteiger partial charge in [0.15, 0.2) is 0 Å². The largest absolute Gasteiger partial charge is 0.496 e. The third-order valence-electron chi connectivity index (χ3n) is 5.12. The van der Waals surface area contributed by atoms with Crippen LogP contribution in [0.3, 0.4) is 0 Å². The number of aryl methyl sites for hydroxylation is 1. The average molecular weight is 394 g/mol. The lowest BCUT2D eigenvalue weighted by atomic mass is 9.90. The van der Waals surface area contributed by atoms with E-state index >= 15 is 0 Å². The van der Waals surface area contributed by atoms with Crippen LogP contribution in [0.5, 0.6) is 5.75 Å². The van der Waals surface area contributed by atoms with Crippen molar-refractivity contribution in [1.82, 2.24) is 15.3 Å². The molecular formula is C22H23N3O2S. The zero-order valence-electron chi connectivity index (χ0n) is 15.9. The van der Waals surface area contributed by atoms with Gasteiger partial charge in [-0.2, -0.15) is 0 Å². The summed E-state index contributed by atoms with van der Waals surface area (Å²) in [7, 11) is 1.67. The van der Waals surface area contributed by atoms with E-state index in [0.29, 0.717) is 6.54 Å². The van der Waals surface area contributed by atoms with Crippen LogP contribution < -0.4 is 10.1 Å². The van der Waals surface area contributed by atoms with E-state index in [-0.39, 0.29) is 11.8 Å². The number of hydrogen-bond acceptors (Lipinski definition) is 5. The fourth-order valence-electron chi connectivity index (χ4n) is 3.59. The van der Waals surface area contributed by atoms with E-state index in [2.05, 4.69) is 10.3 Å². The lowest BCUT2D eigenvalue weighted by molar-refractivity contribution is -0.125. The van der Waals surface area contributed by atoms with Crippen LogP contribution in [0.25, 0.3) is 10.6 Å². The molecule has 0 saturated carbocycles. The first-order valence-electron chi connectivity index (χ1n) is 9.53. The predicted molar refractivity (Wildman–Crippen MR) is 111 cm³/mol. The lowest BCUT2D eigenvalue weighted by Crippen LogP contribution is -2.35. The van der Waals surface area contributed by atoms with Crippen LogP contribution >= 0.6 is 11.3 Å². The monoisotopic (exact) mass is 393 g/mol. The van der Waals surface area contributed by atoms with Crippen LogP contribution in [0.15, 0.2) is 48.8 Å². The SMILES string of the molecule is COc1ccccc1CCNC(=O)C1CCc2nc(-c3ccncc3)sc2C1. The first-order chi connectivity index (χ1) is 13.7. The van der Waals surface area contributed by atoms with Crippen molar-refractivity contribution in [2.45, 2.75) is 25.7 Å². The average Bonchev–Trinajstić information content (AvgIpc) is 3.18. The molecule has 0 saturated heterocycles. The summed E-state index contributed by atoms with van der Waals surface area (Å²) in [5.41, 5.74) is 3.35. The Kier molecular flexibility index (Phi) is 5.67. The molecule has 1 aliphatic rings. The highest BCUT2D eigenvalue weighted by atomic mass is 32.1. The van der Waals surface area contributed by atoms with Gasteiger partial charge in [-0.05, 0) is 49.4 Å². The number of nitrogens with zero attached hydrogens (tertiary/aromatic N) is 2. The summed E-state index contributed by atoms with van der Waals surface area (Å²) >= 11 is 1.70. The Morgan fingerprint density at radius 2 is 2.07 bits per heavy atom. The fourth-order valence-corrected chi connectivity index (χ4v) is 4.78. The van der Waals surface area contributed by atoms with Gasteiger partial charge in [-0.25, -0.2) is 4.98 Å². The molecule has 1 N–H and O–H groups in total. The number of ether oxygens (including phenoxy) is 1. The minimum atomic E-state index is 0.0240. The molecule has 0 spiro atoms. The van der Waals surface area contributed by atoms with Crippen LogP contribution in [-0.2, 0) is 24.1 Å². The molecule has 144 valence electrons. The first-order valence-corrected chi connectivity index (χ1v) is 10.3. The number of carbonyl (C=O) groups is 1. The van der Waals surface area contributed by atoms with Gasteiger partial charge in [0.05, 0.1) is 12.8 Å². The molecule has 2 heterocycles. The Morgan fingerprint density at radius 1 is 1.25 bits per heavy atom. The van der Waals surface area contributed by atoms with Gasteiger partial charge >= 0.3 is 0 Å². The molecule has 0 fully saturated rings. The predicted octanol–water partition coefficient (Wildman–Crippen LogP) is 3.68. The number of benzene rings is 1. The fraction of sp³-hybridized carbons (Fsp3) is 0.318. The second kappa shape index (κ2) is 8.52. The molecule has 1 aliphatic carbocycles. The van der Waals surface area contributed by atoms with E-state index in [0.717, 1.165) is 53.3 Å². The van der Waals surface area contributed by atoms with Crippen molar-refractivity contribution < 1.29 is 9.53 Å². The maximum absolute atomic E-state index is 12.7. The summed E-state index contributed by atoms with van der Waals surface area (Å²) in [6, 6.07) is 11.9. The van der Waals surface area contributed by atoms with Gasteiger partial charge in [-0.3, -0.25) is 9.78 Å². The Hall–Kier alpha value is -2.73. The Balaban J connectivity index is 1.35.